The van der Waals surface area contributed by atoms with Gasteiger partial charge in [0.15, 0.2) is 0 Å². The summed E-state index contributed by atoms with van der Waals surface area (Å²) < 4.78 is 5.43. The van der Waals surface area contributed by atoms with Crippen molar-refractivity contribution in [2.45, 2.75) is 0 Å². The van der Waals surface area contributed by atoms with Crippen LogP contribution in [0.5, 0.6) is 11.6 Å². The SMILES string of the molecule is Nc1ccc(Oc2ncncc2Cl)cc1. The fraction of sp³-hybridized carbons (Fsp3) is 0. The lowest BCUT2D eigenvalue weighted by Gasteiger charge is -2.05. The summed E-state index contributed by atoms with van der Waals surface area (Å²) >= 11 is 5.83. The van der Waals surface area contributed by atoms with Gasteiger partial charge in [0, 0.05) is 5.69 Å². The average Bonchev–Trinajstić information content (AvgIpc) is 2.25. The molecule has 0 atom stereocenters. The number of benzene rings is 1. The van der Waals surface area contributed by atoms with Crippen LogP contribution < -0.4 is 10.5 Å². The molecule has 2 rings (SSSR count). The Kier molecular flexibility index (Phi) is 2.69. The van der Waals surface area contributed by atoms with E-state index in [0.717, 1.165) is 0 Å². The van der Waals surface area contributed by atoms with E-state index in [4.69, 9.17) is 22.1 Å². The number of hydrogen-bond acceptors (Lipinski definition) is 4. The maximum atomic E-state index is 5.83. The third-order valence-electron chi connectivity index (χ3n) is 1.73. The first-order valence-corrected chi connectivity index (χ1v) is 4.62. The smallest absolute Gasteiger partial charge is 0.241 e. The fourth-order valence-electron chi connectivity index (χ4n) is 1.02. The summed E-state index contributed by atoms with van der Waals surface area (Å²) in [6, 6.07) is 6.97. The summed E-state index contributed by atoms with van der Waals surface area (Å²) in [5.41, 5.74) is 6.22. The van der Waals surface area contributed by atoms with E-state index in [1.807, 2.05) is 0 Å². The zero-order valence-electron chi connectivity index (χ0n) is 7.72. The topological polar surface area (TPSA) is 61.0 Å². The molecule has 4 nitrogen and oxygen atoms in total. The number of ether oxygens (including phenoxy) is 1. The Bertz CT molecular complexity index is 458. The summed E-state index contributed by atoms with van der Waals surface area (Å²) in [7, 11) is 0. The molecule has 0 radical (unpaired) electrons. The molecular formula is C10H8ClN3O. The molecule has 2 aromatic rings. The molecule has 0 saturated heterocycles. The van der Waals surface area contributed by atoms with Crippen LogP contribution >= 0.6 is 11.6 Å². The van der Waals surface area contributed by atoms with Gasteiger partial charge < -0.3 is 10.5 Å². The minimum absolute atomic E-state index is 0.330. The maximum absolute atomic E-state index is 5.83. The predicted molar refractivity (Wildman–Crippen MR) is 58.0 cm³/mol. The van der Waals surface area contributed by atoms with Crippen LogP contribution in [0.1, 0.15) is 0 Å². The second-order valence-electron chi connectivity index (χ2n) is 2.85. The number of rotatable bonds is 2. The highest BCUT2D eigenvalue weighted by molar-refractivity contribution is 6.31. The standard InChI is InChI=1S/C10H8ClN3O/c11-9-5-13-6-14-10(9)15-8-3-1-7(12)2-4-8/h1-6H,12H2. The third-order valence-corrected chi connectivity index (χ3v) is 1.99. The van der Waals surface area contributed by atoms with Crippen LogP contribution in [0.15, 0.2) is 36.8 Å². The van der Waals surface area contributed by atoms with Gasteiger partial charge in [0.05, 0.1) is 6.20 Å². The first-order chi connectivity index (χ1) is 7.25. The monoisotopic (exact) mass is 221 g/mol. The van der Waals surface area contributed by atoms with Gasteiger partial charge >= 0.3 is 0 Å². The first kappa shape index (κ1) is 9.73. The van der Waals surface area contributed by atoms with Gasteiger partial charge in [0.25, 0.3) is 0 Å². The zero-order valence-corrected chi connectivity index (χ0v) is 8.48. The van der Waals surface area contributed by atoms with Gasteiger partial charge in [-0.1, -0.05) is 11.6 Å². The second kappa shape index (κ2) is 4.14. The lowest BCUT2D eigenvalue weighted by molar-refractivity contribution is 0.462. The molecule has 15 heavy (non-hydrogen) atoms. The van der Waals surface area contributed by atoms with Crippen LogP contribution in [-0.2, 0) is 0 Å². The molecule has 2 N–H and O–H groups in total. The molecule has 0 saturated carbocycles. The van der Waals surface area contributed by atoms with Crippen LogP contribution in [0, 0.1) is 0 Å². The fourth-order valence-corrected chi connectivity index (χ4v) is 1.17. The molecule has 1 heterocycles. The van der Waals surface area contributed by atoms with Gasteiger partial charge in [-0.25, -0.2) is 9.97 Å². The normalized spacial score (nSPS) is 9.93. The van der Waals surface area contributed by atoms with Gasteiger partial charge in [0.2, 0.25) is 5.88 Å². The molecule has 76 valence electrons. The number of nitrogens with zero attached hydrogens (tertiary/aromatic N) is 2. The van der Waals surface area contributed by atoms with Gasteiger partial charge in [-0.3, -0.25) is 0 Å². The number of hydrogen-bond donors (Lipinski definition) is 1. The lowest BCUT2D eigenvalue weighted by atomic mass is 10.3. The zero-order chi connectivity index (χ0) is 10.7. The molecule has 0 spiro atoms. The number of halogens is 1. The number of anilines is 1. The highest BCUT2D eigenvalue weighted by Crippen LogP contribution is 2.25. The van der Waals surface area contributed by atoms with E-state index in [-0.39, 0.29) is 0 Å². The summed E-state index contributed by atoms with van der Waals surface area (Å²) in [5.74, 6) is 0.959. The predicted octanol–water partition coefficient (Wildman–Crippen LogP) is 2.50. The summed E-state index contributed by atoms with van der Waals surface area (Å²) in [6.07, 6.45) is 2.85. The van der Waals surface area contributed by atoms with E-state index >= 15 is 0 Å². The largest absolute Gasteiger partial charge is 0.437 e. The van der Waals surface area contributed by atoms with Crippen LogP contribution in [0.4, 0.5) is 5.69 Å². The van der Waals surface area contributed by atoms with Crippen molar-refractivity contribution in [2.24, 2.45) is 0 Å². The molecule has 0 bridgehead atoms. The lowest BCUT2D eigenvalue weighted by Crippen LogP contribution is -1.90. The molecular weight excluding hydrogens is 214 g/mol. The summed E-state index contributed by atoms with van der Waals surface area (Å²) in [5, 5.41) is 0.370. The molecule has 0 aliphatic carbocycles. The molecule has 0 unspecified atom stereocenters. The van der Waals surface area contributed by atoms with Crippen LogP contribution in [0.2, 0.25) is 5.02 Å². The van der Waals surface area contributed by atoms with E-state index in [0.29, 0.717) is 22.3 Å². The quantitative estimate of drug-likeness (QED) is 0.792. The maximum Gasteiger partial charge on any atom is 0.241 e. The Hall–Kier alpha value is -1.81. The minimum Gasteiger partial charge on any atom is -0.437 e. The Morgan fingerprint density at radius 3 is 2.60 bits per heavy atom. The van der Waals surface area contributed by atoms with Crippen molar-refractivity contribution in [3.05, 3.63) is 41.8 Å². The molecule has 1 aromatic carbocycles. The van der Waals surface area contributed by atoms with Crippen LogP contribution in [0.3, 0.4) is 0 Å². The molecule has 1 aromatic heterocycles. The first-order valence-electron chi connectivity index (χ1n) is 4.24. The third kappa shape index (κ3) is 2.35. The summed E-state index contributed by atoms with van der Waals surface area (Å²) in [4.78, 5) is 7.66. The number of nitrogens with two attached hydrogens (primary N) is 1. The molecule has 0 aliphatic rings. The number of aromatic nitrogens is 2. The average molecular weight is 222 g/mol. The van der Waals surface area contributed by atoms with Gasteiger partial charge in [-0.05, 0) is 24.3 Å². The van der Waals surface area contributed by atoms with Crippen molar-refractivity contribution >= 4 is 17.3 Å². The van der Waals surface area contributed by atoms with E-state index in [1.165, 1.54) is 12.5 Å². The molecule has 0 fully saturated rings. The Morgan fingerprint density at radius 1 is 1.20 bits per heavy atom. The van der Waals surface area contributed by atoms with Crippen molar-refractivity contribution in [3.63, 3.8) is 0 Å². The Labute approximate surface area is 91.7 Å². The van der Waals surface area contributed by atoms with Crippen LogP contribution in [-0.4, -0.2) is 9.97 Å². The van der Waals surface area contributed by atoms with Crippen molar-refractivity contribution in [1.82, 2.24) is 9.97 Å². The summed E-state index contributed by atoms with van der Waals surface area (Å²) in [6.45, 7) is 0. The van der Waals surface area contributed by atoms with Crippen molar-refractivity contribution in [3.8, 4) is 11.6 Å². The highest BCUT2D eigenvalue weighted by atomic mass is 35.5. The van der Waals surface area contributed by atoms with Gasteiger partial charge in [-0.2, -0.15) is 0 Å². The van der Waals surface area contributed by atoms with Crippen molar-refractivity contribution < 1.29 is 4.74 Å². The second-order valence-corrected chi connectivity index (χ2v) is 3.25. The Balaban J connectivity index is 2.22. The number of nitrogen functional groups attached to an aromatic ring is 1. The van der Waals surface area contributed by atoms with Crippen molar-refractivity contribution in [2.75, 3.05) is 5.73 Å². The minimum atomic E-state index is 0.330. The van der Waals surface area contributed by atoms with Crippen molar-refractivity contribution in [1.29, 1.82) is 0 Å². The highest BCUT2D eigenvalue weighted by Gasteiger charge is 2.03. The van der Waals surface area contributed by atoms with Gasteiger partial charge in [-0.15, -0.1) is 0 Å². The van der Waals surface area contributed by atoms with Gasteiger partial charge in [0.1, 0.15) is 17.1 Å². The van der Waals surface area contributed by atoms with Crippen LogP contribution in [0.25, 0.3) is 0 Å². The van der Waals surface area contributed by atoms with E-state index in [1.54, 1.807) is 24.3 Å². The molecule has 0 amide bonds. The van der Waals surface area contributed by atoms with E-state index in [9.17, 15) is 0 Å². The Morgan fingerprint density at radius 2 is 1.93 bits per heavy atom. The van der Waals surface area contributed by atoms with E-state index in [2.05, 4.69) is 9.97 Å². The van der Waals surface area contributed by atoms with E-state index < -0.39 is 0 Å². The molecule has 5 heteroatoms. The molecule has 0 aliphatic heterocycles.